The second-order valence-electron chi connectivity index (χ2n) is 6.79. The van der Waals surface area contributed by atoms with Gasteiger partial charge >= 0.3 is 5.97 Å². The lowest BCUT2D eigenvalue weighted by Crippen LogP contribution is -2.20. The number of anilines is 1. The zero-order chi connectivity index (χ0) is 22.5. The molecule has 0 fully saturated rings. The number of carbonyl (C=O) groups excluding carboxylic acids is 3. The maximum atomic E-state index is 12.9. The van der Waals surface area contributed by atoms with Gasteiger partial charge in [0.25, 0.3) is 11.8 Å². The molecule has 0 aromatic heterocycles. The highest BCUT2D eigenvalue weighted by atomic mass is 19.1. The Balaban J connectivity index is 1.66. The van der Waals surface area contributed by atoms with Crippen LogP contribution in [0.2, 0.25) is 0 Å². The summed E-state index contributed by atoms with van der Waals surface area (Å²) in [4.78, 5) is 37.9. The van der Waals surface area contributed by atoms with E-state index >= 15 is 0 Å². The summed E-state index contributed by atoms with van der Waals surface area (Å²) in [6.07, 6.45) is 1.60. The SMILES string of the molecule is COC(=O)C1=C(C)N(C)C(=O)/C1=C\c1ccc(OCC(=O)Nc2ccc(F)cc2)cc1. The summed E-state index contributed by atoms with van der Waals surface area (Å²) in [6.45, 7) is 1.45. The smallest absolute Gasteiger partial charge is 0.340 e. The highest BCUT2D eigenvalue weighted by molar-refractivity contribution is 6.16. The molecule has 7 nitrogen and oxygen atoms in total. The molecule has 1 aliphatic heterocycles. The Kier molecular flexibility index (Phi) is 6.49. The molecule has 160 valence electrons. The van der Waals surface area contributed by atoms with Crippen molar-refractivity contribution in [2.75, 3.05) is 26.1 Å². The molecular weight excluding hydrogens is 403 g/mol. The first kappa shape index (κ1) is 21.8. The van der Waals surface area contributed by atoms with E-state index in [1.807, 2.05) is 0 Å². The second-order valence-corrected chi connectivity index (χ2v) is 6.79. The van der Waals surface area contributed by atoms with E-state index in [-0.39, 0.29) is 35.4 Å². The van der Waals surface area contributed by atoms with Crippen LogP contribution in [0.15, 0.2) is 65.4 Å². The number of methoxy groups -OCH3 is 1. The largest absolute Gasteiger partial charge is 0.484 e. The number of likely N-dealkylation sites (N-methyl/N-ethyl adjacent to an activating group) is 1. The lowest BCUT2D eigenvalue weighted by atomic mass is 10.0. The maximum Gasteiger partial charge on any atom is 0.340 e. The first-order chi connectivity index (χ1) is 14.8. The summed E-state index contributed by atoms with van der Waals surface area (Å²) >= 11 is 0. The van der Waals surface area contributed by atoms with E-state index in [0.29, 0.717) is 22.7 Å². The average Bonchev–Trinajstić information content (AvgIpc) is 2.98. The van der Waals surface area contributed by atoms with Crippen molar-refractivity contribution in [3.05, 3.63) is 76.8 Å². The third-order valence-electron chi connectivity index (χ3n) is 4.75. The summed E-state index contributed by atoms with van der Waals surface area (Å²) in [5.41, 5.74) is 2.14. The topological polar surface area (TPSA) is 84.9 Å². The number of benzene rings is 2. The van der Waals surface area contributed by atoms with Gasteiger partial charge in [-0.1, -0.05) is 12.1 Å². The number of nitrogens with one attached hydrogen (secondary N) is 1. The zero-order valence-corrected chi connectivity index (χ0v) is 17.3. The number of carbonyl (C=O) groups is 3. The highest BCUT2D eigenvalue weighted by Gasteiger charge is 2.34. The van der Waals surface area contributed by atoms with Crippen molar-refractivity contribution in [1.82, 2.24) is 4.90 Å². The predicted molar refractivity (Wildman–Crippen MR) is 112 cm³/mol. The number of hydrogen-bond acceptors (Lipinski definition) is 5. The number of halogens is 1. The summed E-state index contributed by atoms with van der Waals surface area (Å²) < 4.78 is 23.2. The van der Waals surface area contributed by atoms with Gasteiger partial charge in [0.15, 0.2) is 6.61 Å². The molecule has 0 unspecified atom stereocenters. The first-order valence-corrected chi connectivity index (χ1v) is 9.37. The molecule has 1 aliphatic rings. The van der Waals surface area contributed by atoms with Crippen LogP contribution in [0.3, 0.4) is 0 Å². The van der Waals surface area contributed by atoms with Gasteiger partial charge < -0.3 is 19.7 Å². The fraction of sp³-hybridized carbons (Fsp3) is 0.174. The van der Waals surface area contributed by atoms with Gasteiger partial charge in [-0.2, -0.15) is 0 Å². The van der Waals surface area contributed by atoms with Gasteiger partial charge in [-0.25, -0.2) is 9.18 Å². The number of hydrogen-bond donors (Lipinski definition) is 1. The fourth-order valence-electron chi connectivity index (χ4n) is 3.00. The molecule has 1 N–H and O–H groups in total. The molecule has 2 amide bonds. The minimum absolute atomic E-state index is 0.227. The van der Waals surface area contributed by atoms with Crippen LogP contribution in [-0.2, 0) is 19.1 Å². The second kappa shape index (κ2) is 9.25. The molecular formula is C23H21FN2O5. The van der Waals surface area contributed by atoms with Gasteiger partial charge in [0, 0.05) is 18.4 Å². The fourth-order valence-corrected chi connectivity index (χ4v) is 3.00. The average molecular weight is 424 g/mol. The molecule has 31 heavy (non-hydrogen) atoms. The molecule has 0 bridgehead atoms. The van der Waals surface area contributed by atoms with Crippen molar-refractivity contribution < 1.29 is 28.2 Å². The van der Waals surface area contributed by atoms with Crippen molar-refractivity contribution in [3.63, 3.8) is 0 Å². The molecule has 3 rings (SSSR count). The Labute approximate surface area is 178 Å². The molecule has 0 saturated heterocycles. The van der Waals surface area contributed by atoms with E-state index in [9.17, 15) is 18.8 Å². The highest BCUT2D eigenvalue weighted by Crippen LogP contribution is 2.30. The molecule has 0 atom stereocenters. The standard InChI is InChI=1S/C23H21FN2O5/c1-14-21(23(29)30-3)19(22(28)26(14)2)12-15-4-10-18(11-5-15)31-13-20(27)25-17-8-6-16(24)7-9-17/h4-12H,13H2,1-3H3,(H,25,27)/b19-12-. The minimum Gasteiger partial charge on any atom is -0.484 e. The third kappa shape index (κ3) is 4.98. The molecule has 2 aromatic rings. The molecule has 1 heterocycles. The van der Waals surface area contributed by atoms with E-state index in [4.69, 9.17) is 9.47 Å². The lowest BCUT2D eigenvalue weighted by molar-refractivity contribution is -0.136. The number of amides is 2. The van der Waals surface area contributed by atoms with Gasteiger partial charge in [0.1, 0.15) is 11.6 Å². The third-order valence-corrected chi connectivity index (χ3v) is 4.75. The molecule has 0 spiro atoms. The normalized spacial score (nSPS) is 14.8. The summed E-state index contributed by atoms with van der Waals surface area (Å²) in [5.74, 6) is -1.20. The Bertz CT molecular complexity index is 1070. The quantitative estimate of drug-likeness (QED) is 0.569. The Morgan fingerprint density at radius 1 is 1.10 bits per heavy atom. The number of nitrogens with zero attached hydrogens (tertiary/aromatic N) is 1. The van der Waals surface area contributed by atoms with Gasteiger partial charge in [-0.05, 0) is 55.0 Å². The van der Waals surface area contributed by atoms with Gasteiger partial charge in [0.2, 0.25) is 0 Å². The van der Waals surface area contributed by atoms with E-state index in [1.54, 1.807) is 44.3 Å². The van der Waals surface area contributed by atoms with Crippen LogP contribution in [0.1, 0.15) is 12.5 Å². The van der Waals surface area contributed by atoms with E-state index < -0.39 is 5.97 Å². The molecule has 0 saturated carbocycles. The number of esters is 1. The van der Waals surface area contributed by atoms with Crippen LogP contribution in [-0.4, -0.2) is 43.4 Å². The van der Waals surface area contributed by atoms with Crippen molar-refractivity contribution in [2.24, 2.45) is 0 Å². The number of allylic oxidation sites excluding steroid dienone is 1. The van der Waals surface area contributed by atoms with Crippen LogP contribution in [0, 0.1) is 5.82 Å². The van der Waals surface area contributed by atoms with Crippen molar-refractivity contribution >= 4 is 29.5 Å². The summed E-state index contributed by atoms with van der Waals surface area (Å²) in [6, 6.07) is 12.1. The van der Waals surface area contributed by atoms with Gasteiger partial charge in [0.05, 0.1) is 18.3 Å². The monoisotopic (exact) mass is 424 g/mol. The minimum atomic E-state index is -0.575. The predicted octanol–water partition coefficient (Wildman–Crippen LogP) is 3.15. The summed E-state index contributed by atoms with van der Waals surface area (Å²) in [7, 11) is 2.86. The Morgan fingerprint density at radius 3 is 2.35 bits per heavy atom. The Morgan fingerprint density at radius 2 is 1.74 bits per heavy atom. The number of ether oxygens (including phenoxy) is 2. The van der Waals surface area contributed by atoms with Gasteiger partial charge in [-0.3, -0.25) is 9.59 Å². The van der Waals surface area contributed by atoms with E-state index in [2.05, 4.69) is 5.32 Å². The number of rotatable bonds is 6. The Hall–Kier alpha value is -3.94. The van der Waals surface area contributed by atoms with Crippen LogP contribution in [0.4, 0.5) is 10.1 Å². The molecule has 8 heteroatoms. The first-order valence-electron chi connectivity index (χ1n) is 9.37. The van der Waals surface area contributed by atoms with Crippen LogP contribution in [0.25, 0.3) is 6.08 Å². The van der Waals surface area contributed by atoms with Crippen LogP contribution >= 0.6 is 0 Å². The van der Waals surface area contributed by atoms with Crippen molar-refractivity contribution in [1.29, 1.82) is 0 Å². The van der Waals surface area contributed by atoms with E-state index in [1.165, 1.54) is 36.3 Å². The molecule has 0 radical (unpaired) electrons. The van der Waals surface area contributed by atoms with E-state index in [0.717, 1.165) is 0 Å². The van der Waals surface area contributed by atoms with Crippen molar-refractivity contribution in [2.45, 2.75) is 6.92 Å². The van der Waals surface area contributed by atoms with Gasteiger partial charge in [-0.15, -0.1) is 0 Å². The van der Waals surface area contributed by atoms with Crippen molar-refractivity contribution in [3.8, 4) is 5.75 Å². The van der Waals surface area contributed by atoms with Crippen LogP contribution < -0.4 is 10.1 Å². The maximum absolute atomic E-state index is 12.9. The molecule has 0 aliphatic carbocycles. The summed E-state index contributed by atoms with van der Waals surface area (Å²) in [5, 5.41) is 2.60. The zero-order valence-electron chi connectivity index (χ0n) is 17.3. The van der Waals surface area contributed by atoms with Crippen LogP contribution in [0.5, 0.6) is 5.75 Å². The lowest BCUT2D eigenvalue weighted by Gasteiger charge is -2.09. The molecule has 2 aromatic carbocycles.